The van der Waals surface area contributed by atoms with E-state index in [-0.39, 0.29) is 18.7 Å². The van der Waals surface area contributed by atoms with Crippen molar-refractivity contribution in [1.82, 2.24) is 5.01 Å². The molecule has 1 fully saturated rings. The van der Waals surface area contributed by atoms with Gasteiger partial charge in [-0.3, -0.25) is 14.8 Å². The fraction of sp³-hybridized carbons (Fsp3) is 0.391. The van der Waals surface area contributed by atoms with Crippen molar-refractivity contribution in [3.8, 4) is 5.75 Å². The molecule has 2 N–H and O–H groups in total. The molecular formula is C23H28N4O5. The molecule has 0 spiro atoms. The molecule has 1 amide bonds. The minimum absolute atomic E-state index is 0.0137. The molecule has 0 aromatic heterocycles. The molecule has 4 rings (SSSR count). The number of methoxy groups -OCH3 is 1. The van der Waals surface area contributed by atoms with Crippen LogP contribution in [-0.2, 0) is 16.0 Å². The minimum Gasteiger partial charge on any atom is -0.497 e. The number of hydrogen-bond donors (Lipinski definition) is 2. The number of nitrogens with zero attached hydrogens (tertiary/aromatic N) is 4. The fourth-order valence-corrected chi connectivity index (χ4v) is 4.23. The van der Waals surface area contributed by atoms with Gasteiger partial charge in [0, 0.05) is 56.6 Å². The molecule has 0 radical (unpaired) electrons. The summed E-state index contributed by atoms with van der Waals surface area (Å²) in [6.45, 7) is 3.37. The first kappa shape index (κ1) is 21.9. The van der Waals surface area contributed by atoms with Crippen LogP contribution in [0.3, 0.4) is 0 Å². The topological polar surface area (TPSA) is 96.8 Å². The van der Waals surface area contributed by atoms with Crippen LogP contribution in [0, 0.1) is 0 Å². The first-order valence-electron chi connectivity index (χ1n) is 10.7. The summed E-state index contributed by atoms with van der Waals surface area (Å²) in [4.78, 5) is 27.0. The van der Waals surface area contributed by atoms with Crippen LogP contribution in [0.1, 0.15) is 18.4 Å². The lowest BCUT2D eigenvalue weighted by atomic mass is 10.1. The molecule has 0 unspecified atom stereocenters. The Kier molecular flexibility index (Phi) is 6.48. The molecule has 170 valence electrons. The van der Waals surface area contributed by atoms with Crippen molar-refractivity contribution >= 4 is 28.9 Å². The van der Waals surface area contributed by atoms with Crippen LogP contribution in [0.4, 0.5) is 17.1 Å². The molecule has 2 heterocycles. The number of anilines is 3. The van der Waals surface area contributed by atoms with Gasteiger partial charge < -0.3 is 19.6 Å². The fourth-order valence-electron chi connectivity index (χ4n) is 4.23. The van der Waals surface area contributed by atoms with Gasteiger partial charge in [-0.2, -0.15) is 10.2 Å². The van der Waals surface area contributed by atoms with Crippen LogP contribution in [-0.4, -0.2) is 67.0 Å². The number of amides is 1. The largest absolute Gasteiger partial charge is 0.497 e. The molecule has 0 saturated carbocycles. The van der Waals surface area contributed by atoms with Gasteiger partial charge in [0.05, 0.1) is 19.2 Å². The summed E-state index contributed by atoms with van der Waals surface area (Å²) < 4.78 is 5.31. The third-order valence-corrected chi connectivity index (χ3v) is 5.99. The highest BCUT2D eigenvalue weighted by Gasteiger charge is 2.27. The number of hydrazine groups is 1. The Hall–Kier alpha value is -3.30. The van der Waals surface area contributed by atoms with Crippen LogP contribution < -0.4 is 19.7 Å². The van der Waals surface area contributed by atoms with E-state index in [1.165, 1.54) is 5.17 Å². The van der Waals surface area contributed by atoms with Crippen molar-refractivity contribution in [2.45, 2.75) is 19.3 Å². The van der Waals surface area contributed by atoms with E-state index in [9.17, 15) is 14.8 Å². The van der Waals surface area contributed by atoms with Crippen molar-refractivity contribution in [3.63, 3.8) is 0 Å². The average Bonchev–Trinajstić information content (AvgIpc) is 3.25. The third kappa shape index (κ3) is 4.63. The summed E-state index contributed by atoms with van der Waals surface area (Å²) in [5.74, 6) is -0.341. The molecule has 9 nitrogen and oxygen atoms in total. The number of hydrogen-bond acceptors (Lipinski definition) is 7. The predicted octanol–water partition coefficient (Wildman–Crippen LogP) is 2.38. The Labute approximate surface area is 186 Å². The Balaban J connectivity index is 1.38. The molecular weight excluding hydrogens is 412 g/mol. The number of piperazine rings is 1. The quantitative estimate of drug-likeness (QED) is 0.634. The van der Waals surface area contributed by atoms with Crippen molar-refractivity contribution in [2.75, 3.05) is 54.8 Å². The Morgan fingerprint density at radius 3 is 2.53 bits per heavy atom. The Morgan fingerprint density at radius 1 is 1.03 bits per heavy atom. The van der Waals surface area contributed by atoms with E-state index in [1.807, 2.05) is 35.3 Å². The highest BCUT2D eigenvalue weighted by Crippen LogP contribution is 2.32. The number of benzene rings is 2. The summed E-state index contributed by atoms with van der Waals surface area (Å²) in [7, 11) is 1.66. The lowest BCUT2D eigenvalue weighted by Gasteiger charge is -2.39. The summed E-state index contributed by atoms with van der Waals surface area (Å²) in [6.07, 6.45) is 0.495. The highest BCUT2D eigenvalue weighted by molar-refractivity contribution is 5.97. The monoisotopic (exact) mass is 440 g/mol. The van der Waals surface area contributed by atoms with E-state index in [0.29, 0.717) is 31.7 Å². The zero-order valence-electron chi connectivity index (χ0n) is 18.1. The van der Waals surface area contributed by atoms with Gasteiger partial charge in [0.2, 0.25) is 5.91 Å². The van der Waals surface area contributed by atoms with Gasteiger partial charge in [-0.05, 0) is 42.3 Å². The standard InChI is InChI=1S/C23H28N4O5/c1-32-20-4-2-3-18(16-20)24-11-13-25(14-12-24)27(31)19-5-6-21-17(15-19)9-10-26(21)22(28)7-8-23(29)30/h2-6,15-16,31H,7-14H2,1H3,(H,29,30). The van der Waals surface area contributed by atoms with Gasteiger partial charge >= 0.3 is 5.97 Å². The van der Waals surface area contributed by atoms with Crippen LogP contribution in [0.5, 0.6) is 5.75 Å². The maximum Gasteiger partial charge on any atom is 0.303 e. The molecule has 32 heavy (non-hydrogen) atoms. The maximum atomic E-state index is 12.3. The molecule has 2 aromatic rings. The molecule has 1 saturated heterocycles. The van der Waals surface area contributed by atoms with Gasteiger partial charge in [-0.25, -0.2) is 0 Å². The van der Waals surface area contributed by atoms with E-state index in [1.54, 1.807) is 18.1 Å². The lowest BCUT2D eigenvalue weighted by Crippen LogP contribution is -2.53. The highest BCUT2D eigenvalue weighted by atomic mass is 16.5. The molecule has 0 aliphatic carbocycles. The number of carboxylic acid groups (broad SMARTS) is 1. The Bertz CT molecular complexity index is 990. The summed E-state index contributed by atoms with van der Waals surface area (Å²) in [5, 5.41) is 22.7. The second-order valence-electron chi connectivity index (χ2n) is 7.93. The van der Waals surface area contributed by atoms with Crippen LogP contribution in [0.15, 0.2) is 42.5 Å². The number of aliphatic carboxylic acids is 1. The molecule has 0 bridgehead atoms. The van der Waals surface area contributed by atoms with Crippen molar-refractivity contribution in [2.24, 2.45) is 0 Å². The number of fused-ring (bicyclic) bond motifs is 1. The van der Waals surface area contributed by atoms with Gasteiger partial charge in [-0.1, -0.05) is 6.07 Å². The van der Waals surface area contributed by atoms with Crippen LogP contribution in [0.25, 0.3) is 0 Å². The van der Waals surface area contributed by atoms with Crippen LogP contribution in [0.2, 0.25) is 0 Å². The summed E-state index contributed by atoms with van der Waals surface area (Å²) >= 11 is 0. The molecule has 2 aliphatic rings. The van der Waals surface area contributed by atoms with E-state index in [0.717, 1.165) is 35.8 Å². The number of ether oxygens (including phenoxy) is 1. The molecule has 0 atom stereocenters. The zero-order chi connectivity index (χ0) is 22.7. The second kappa shape index (κ2) is 9.46. The van der Waals surface area contributed by atoms with E-state index >= 15 is 0 Å². The molecule has 2 aromatic carbocycles. The first-order chi connectivity index (χ1) is 15.5. The van der Waals surface area contributed by atoms with Crippen molar-refractivity contribution in [3.05, 3.63) is 48.0 Å². The summed E-state index contributed by atoms with van der Waals surface area (Å²) in [5.41, 5.74) is 3.51. The number of carbonyl (C=O) groups excluding carboxylic acids is 1. The summed E-state index contributed by atoms with van der Waals surface area (Å²) in [6, 6.07) is 13.5. The van der Waals surface area contributed by atoms with E-state index < -0.39 is 5.97 Å². The lowest BCUT2D eigenvalue weighted by molar-refractivity contribution is -0.138. The number of carboxylic acids is 1. The smallest absolute Gasteiger partial charge is 0.303 e. The third-order valence-electron chi connectivity index (χ3n) is 5.99. The van der Waals surface area contributed by atoms with Gasteiger partial charge in [-0.15, -0.1) is 0 Å². The molecule has 2 aliphatic heterocycles. The first-order valence-corrected chi connectivity index (χ1v) is 10.7. The number of carbonyl (C=O) groups is 2. The zero-order valence-corrected chi connectivity index (χ0v) is 18.1. The van der Waals surface area contributed by atoms with E-state index in [2.05, 4.69) is 11.0 Å². The van der Waals surface area contributed by atoms with Crippen molar-refractivity contribution in [1.29, 1.82) is 0 Å². The average molecular weight is 441 g/mol. The Morgan fingerprint density at radius 2 is 1.81 bits per heavy atom. The van der Waals surface area contributed by atoms with Gasteiger partial charge in [0.1, 0.15) is 5.75 Å². The van der Waals surface area contributed by atoms with Crippen LogP contribution >= 0.6 is 0 Å². The van der Waals surface area contributed by atoms with E-state index in [4.69, 9.17) is 9.84 Å². The van der Waals surface area contributed by atoms with Gasteiger partial charge in [0.25, 0.3) is 0 Å². The minimum atomic E-state index is -0.976. The van der Waals surface area contributed by atoms with Crippen molar-refractivity contribution < 1.29 is 24.6 Å². The predicted molar refractivity (Wildman–Crippen MR) is 120 cm³/mol. The molecule has 9 heteroatoms. The second-order valence-corrected chi connectivity index (χ2v) is 7.93. The van der Waals surface area contributed by atoms with Gasteiger partial charge in [0.15, 0.2) is 0 Å². The maximum absolute atomic E-state index is 12.3. The number of rotatable bonds is 7. The normalized spacial score (nSPS) is 16.1. The SMILES string of the molecule is COc1cccc(N2CCN(N(O)c3ccc4c(c3)CCN4C(=O)CCC(=O)O)CC2)c1.